The van der Waals surface area contributed by atoms with Crippen LogP contribution in [-0.2, 0) is 10.0 Å². The van der Waals surface area contributed by atoms with Crippen molar-refractivity contribution in [2.75, 3.05) is 26.0 Å². The molecule has 0 saturated carbocycles. The molecule has 0 fully saturated rings. The molecule has 0 aromatic heterocycles. The Bertz CT molecular complexity index is 462. The molecule has 1 aliphatic rings. The van der Waals surface area contributed by atoms with Gasteiger partial charge in [-0.1, -0.05) is 6.08 Å². The van der Waals surface area contributed by atoms with E-state index in [4.69, 9.17) is 5.11 Å². The number of rotatable bonds is 7. The first-order chi connectivity index (χ1) is 8.78. The standard InChI is InChI=1S/C12H20FN2O3S/c1-12(7-10-16)6-3-5-11(13)15(12)9-4-8-14-19(2,17)18/h3,5,14,16H,4,7-10H2,1-2H3. The summed E-state index contributed by atoms with van der Waals surface area (Å²) in [6.45, 7) is 2.32. The second-order valence-electron chi connectivity index (χ2n) is 4.72. The largest absolute Gasteiger partial charge is 0.396 e. The SMILES string of the molecule is CC1(CCO)[C]=CC=C(F)N1CCCNS(C)(=O)=O. The monoisotopic (exact) mass is 291 g/mol. The van der Waals surface area contributed by atoms with Crippen molar-refractivity contribution >= 4 is 10.0 Å². The molecule has 1 unspecified atom stereocenters. The van der Waals surface area contributed by atoms with Crippen LogP contribution in [0.25, 0.3) is 0 Å². The van der Waals surface area contributed by atoms with Gasteiger partial charge in [-0.05, 0) is 31.9 Å². The maximum absolute atomic E-state index is 13.8. The van der Waals surface area contributed by atoms with Gasteiger partial charge in [-0.15, -0.1) is 0 Å². The zero-order chi connectivity index (χ0) is 14.5. The van der Waals surface area contributed by atoms with Gasteiger partial charge in [0.1, 0.15) is 0 Å². The summed E-state index contributed by atoms with van der Waals surface area (Å²) >= 11 is 0. The van der Waals surface area contributed by atoms with Crippen molar-refractivity contribution in [3.63, 3.8) is 0 Å². The van der Waals surface area contributed by atoms with Crippen LogP contribution in [0.3, 0.4) is 0 Å². The molecule has 1 rings (SSSR count). The summed E-state index contributed by atoms with van der Waals surface area (Å²) in [4.78, 5) is 1.49. The molecule has 1 aliphatic heterocycles. The normalized spacial score (nSPS) is 23.6. The molecule has 0 spiro atoms. The van der Waals surface area contributed by atoms with E-state index < -0.39 is 21.5 Å². The van der Waals surface area contributed by atoms with Gasteiger partial charge in [0.15, 0.2) is 5.95 Å². The van der Waals surface area contributed by atoms with E-state index >= 15 is 0 Å². The fourth-order valence-corrected chi connectivity index (χ4v) is 2.48. The van der Waals surface area contributed by atoms with Crippen LogP contribution in [0.5, 0.6) is 0 Å². The van der Waals surface area contributed by atoms with Crippen LogP contribution in [0, 0.1) is 6.08 Å². The van der Waals surface area contributed by atoms with Crippen LogP contribution in [0.15, 0.2) is 18.1 Å². The number of aliphatic hydroxyl groups excluding tert-OH is 1. The molecule has 0 bridgehead atoms. The molecular formula is C12H20FN2O3S. The van der Waals surface area contributed by atoms with E-state index in [0.29, 0.717) is 19.4 Å². The summed E-state index contributed by atoms with van der Waals surface area (Å²) in [5, 5.41) is 9.05. The summed E-state index contributed by atoms with van der Waals surface area (Å²) in [5.74, 6) is -0.394. The molecular weight excluding hydrogens is 271 g/mol. The number of nitrogens with zero attached hydrogens (tertiary/aromatic N) is 1. The Balaban J connectivity index is 2.58. The van der Waals surface area contributed by atoms with Crippen LogP contribution in [0.2, 0.25) is 0 Å². The van der Waals surface area contributed by atoms with Crippen molar-refractivity contribution < 1.29 is 17.9 Å². The lowest BCUT2D eigenvalue weighted by atomic mass is 9.93. The lowest BCUT2D eigenvalue weighted by Crippen LogP contribution is -2.46. The zero-order valence-electron chi connectivity index (χ0n) is 11.2. The quantitative estimate of drug-likeness (QED) is 0.531. The Morgan fingerprint density at radius 3 is 2.84 bits per heavy atom. The lowest BCUT2D eigenvalue weighted by molar-refractivity contribution is 0.109. The minimum Gasteiger partial charge on any atom is -0.396 e. The minimum absolute atomic E-state index is 0.0668. The van der Waals surface area contributed by atoms with E-state index in [-0.39, 0.29) is 13.2 Å². The molecule has 2 N–H and O–H groups in total. The molecule has 0 aromatic carbocycles. The van der Waals surface area contributed by atoms with Gasteiger partial charge in [0.05, 0.1) is 11.8 Å². The van der Waals surface area contributed by atoms with E-state index in [1.54, 1.807) is 6.92 Å². The molecule has 109 valence electrons. The maximum atomic E-state index is 13.8. The van der Waals surface area contributed by atoms with Gasteiger partial charge in [-0.25, -0.2) is 13.1 Å². The fourth-order valence-electron chi connectivity index (χ4n) is 1.97. The third-order valence-corrected chi connectivity index (χ3v) is 3.72. The predicted octanol–water partition coefficient (Wildman–Crippen LogP) is 0.553. The van der Waals surface area contributed by atoms with Gasteiger partial charge in [0.25, 0.3) is 0 Å². The second-order valence-corrected chi connectivity index (χ2v) is 6.55. The molecule has 1 atom stereocenters. The van der Waals surface area contributed by atoms with Gasteiger partial charge < -0.3 is 10.0 Å². The van der Waals surface area contributed by atoms with Crippen molar-refractivity contribution in [2.45, 2.75) is 25.3 Å². The number of aliphatic hydroxyl groups is 1. The highest BCUT2D eigenvalue weighted by molar-refractivity contribution is 7.88. The Morgan fingerprint density at radius 2 is 2.26 bits per heavy atom. The smallest absolute Gasteiger partial charge is 0.208 e. The van der Waals surface area contributed by atoms with Crippen LogP contribution < -0.4 is 4.72 Å². The highest BCUT2D eigenvalue weighted by Crippen LogP contribution is 2.29. The van der Waals surface area contributed by atoms with E-state index in [0.717, 1.165) is 6.26 Å². The van der Waals surface area contributed by atoms with Crippen molar-refractivity contribution in [3.05, 3.63) is 24.2 Å². The number of nitrogens with one attached hydrogen (secondary N) is 1. The van der Waals surface area contributed by atoms with Crippen LogP contribution in [0.4, 0.5) is 4.39 Å². The van der Waals surface area contributed by atoms with Gasteiger partial charge in [-0.2, -0.15) is 4.39 Å². The summed E-state index contributed by atoms with van der Waals surface area (Å²) in [6.07, 6.45) is 7.76. The third kappa shape index (κ3) is 4.93. The third-order valence-electron chi connectivity index (χ3n) is 2.99. The summed E-state index contributed by atoms with van der Waals surface area (Å²) in [5.41, 5.74) is -0.696. The van der Waals surface area contributed by atoms with Gasteiger partial charge in [0.2, 0.25) is 10.0 Å². The summed E-state index contributed by atoms with van der Waals surface area (Å²) < 4.78 is 38.0. The molecule has 0 saturated heterocycles. The fraction of sp³-hybridized carbons (Fsp3) is 0.667. The Hall–Kier alpha value is -0.920. The van der Waals surface area contributed by atoms with Crippen molar-refractivity contribution in [1.82, 2.24) is 9.62 Å². The van der Waals surface area contributed by atoms with Crippen molar-refractivity contribution in [3.8, 4) is 0 Å². The Morgan fingerprint density at radius 1 is 1.58 bits per heavy atom. The first kappa shape index (κ1) is 16.1. The van der Waals surface area contributed by atoms with E-state index in [1.165, 1.54) is 17.1 Å². The van der Waals surface area contributed by atoms with Crippen LogP contribution >= 0.6 is 0 Å². The maximum Gasteiger partial charge on any atom is 0.208 e. The molecule has 7 heteroatoms. The Kier molecular flexibility index (Phi) is 5.51. The number of hydrogen-bond acceptors (Lipinski definition) is 4. The number of halogens is 1. The molecule has 0 aliphatic carbocycles. The Labute approximate surface area is 113 Å². The first-order valence-corrected chi connectivity index (χ1v) is 7.97. The lowest BCUT2D eigenvalue weighted by Gasteiger charge is -2.40. The van der Waals surface area contributed by atoms with E-state index in [9.17, 15) is 12.8 Å². The molecule has 0 amide bonds. The predicted molar refractivity (Wildman–Crippen MR) is 71.3 cm³/mol. The molecule has 1 radical (unpaired) electrons. The van der Waals surface area contributed by atoms with Crippen LogP contribution in [-0.4, -0.2) is 49.9 Å². The van der Waals surface area contributed by atoms with Crippen molar-refractivity contribution in [2.24, 2.45) is 0 Å². The van der Waals surface area contributed by atoms with Crippen LogP contribution in [0.1, 0.15) is 19.8 Å². The summed E-state index contributed by atoms with van der Waals surface area (Å²) in [6, 6.07) is 0. The average molecular weight is 291 g/mol. The molecule has 1 heterocycles. The second kappa shape index (κ2) is 6.49. The molecule has 19 heavy (non-hydrogen) atoms. The van der Waals surface area contributed by atoms with Gasteiger partial charge >= 0.3 is 0 Å². The first-order valence-electron chi connectivity index (χ1n) is 6.08. The number of sulfonamides is 1. The average Bonchev–Trinajstić information content (AvgIpc) is 2.26. The highest BCUT2D eigenvalue weighted by Gasteiger charge is 2.32. The molecule has 0 aromatic rings. The van der Waals surface area contributed by atoms with Gasteiger partial charge in [0, 0.05) is 19.7 Å². The number of hydrogen-bond donors (Lipinski definition) is 2. The number of allylic oxidation sites excluding steroid dienone is 2. The topological polar surface area (TPSA) is 69.6 Å². The van der Waals surface area contributed by atoms with E-state index in [1.807, 2.05) is 0 Å². The van der Waals surface area contributed by atoms with Crippen molar-refractivity contribution in [1.29, 1.82) is 0 Å². The minimum atomic E-state index is -3.22. The highest BCUT2D eigenvalue weighted by atomic mass is 32.2. The molecule has 5 nitrogen and oxygen atoms in total. The summed E-state index contributed by atoms with van der Waals surface area (Å²) in [7, 11) is -3.22. The van der Waals surface area contributed by atoms with E-state index in [2.05, 4.69) is 10.8 Å². The zero-order valence-corrected chi connectivity index (χ0v) is 12.0. The van der Waals surface area contributed by atoms with Gasteiger partial charge in [-0.3, -0.25) is 0 Å².